The van der Waals surface area contributed by atoms with Crippen LogP contribution in [0.3, 0.4) is 0 Å². The van der Waals surface area contributed by atoms with Gasteiger partial charge in [0.25, 0.3) is 0 Å². The molecule has 1 aromatic rings. The summed E-state index contributed by atoms with van der Waals surface area (Å²) in [5, 5.41) is 13.9. The second-order valence-corrected chi connectivity index (χ2v) is 4.91. The molecule has 0 aromatic carbocycles. The van der Waals surface area contributed by atoms with Crippen LogP contribution in [0.25, 0.3) is 0 Å². The molecule has 0 aliphatic carbocycles. The van der Waals surface area contributed by atoms with E-state index in [0.717, 1.165) is 17.1 Å². The van der Waals surface area contributed by atoms with Crippen LogP contribution in [0.5, 0.6) is 0 Å². The molecule has 88 valence electrons. The summed E-state index contributed by atoms with van der Waals surface area (Å²) >= 11 is 1.65. The van der Waals surface area contributed by atoms with Crippen LogP contribution in [0.15, 0.2) is 35.0 Å². The summed E-state index contributed by atoms with van der Waals surface area (Å²) in [4.78, 5) is 4.36. The first-order valence-electron chi connectivity index (χ1n) is 5.36. The van der Waals surface area contributed by atoms with Crippen molar-refractivity contribution in [2.45, 2.75) is 12.8 Å². The average molecular weight is 246 g/mol. The Balaban J connectivity index is 2.34. The van der Waals surface area contributed by atoms with Crippen molar-refractivity contribution in [1.29, 1.82) is 5.26 Å². The van der Waals surface area contributed by atoms with E-state index in [2.05, 4.69) is 16.5 Å². The van der Waals surface area contributed by atoms with Crippen molar-refractivity contribution in [3.05, 3.63) is 40.0 Å². The summed E-state index contributed by atoms with van der Waals surface area (Å²) in [6.07, 6.45) is 5.54. The van der Waals surface area contributed by atoms with E-state index >= 15 is 0 Å². The second kappa shape index (κ2) is 5.13. The number of hydrogen-bond acceptors (Lipinski definition) is 5. The molecule has 0 saturated heterocycles. The highest BCUT2D eigenvalue weighted by atomic mass is 32.1. The molecule has 1 N–H and O–H groups in total. The molecule has 4 nitrogen and oxygen atoms in total. The molecule has 1 unspecified atom stereocenters. The predicted molar refractivity (Wildman–Crippen MR) is 68.1 cm³/mol. The first-order valence-corrected chi connectivity index (χ1v) is 6.24. The zero-order valence-corrected chi connectivity index (χ0v) is 10.7. The van der Waals surface area contributed by atoms with Gasteiger partial charge >= 0.3 is 0 Å². The van der Waals surface area contributed by atoms with Crippen LogP contribution in [0.4, 0.5) is 0 Å². The summed E-state index contributed by atoms with van der Waals surface area (Å²) in [5.41, 5.74) is 5.06. The van der Waals surface area contributed by atoms with Crippen molar-refractivity contribution in [1.82, 2.24) is 15.4 Å². The van der Waals surface area contributed by atoms with Crippen molar-refractivity contribution in [2.24, 2.45) is 0 Å². The van der Waals surface area contributed by atoms with E-state index < -0.39 is 0 Å². The van der Waals surface area contributed by atoms with Crippen molar-refractivity contribution >= 4 is 11.3 Å². The molecular formula is C12H14N4S. The summed E-state index contributed by atoms with van der Waals surface area (Å²) in [7, 11) is 1.89. The van der Waals surface area contributed by atoms with Gasteiger partial charge in [-0.1, -0.05) is 5.57 Å². The Labute approximate surface area is 105 Å². The Bertz CT molecular complexity index is 481. The van der Waals surface area contributed by atoms with E-state index in [-0.39, 0.29) is 5.92 Å². The normalized spacial score (nSPS) is 27.1. The highest BCUT2D eigenvalue weighted by molar-refractivity contribution is 7.09. The smallest absolute Gasteiger partial charge is 0.101 e. The number of thiazole rings is 1. The fourth-order valence-electron chi connectivity index (χ4n) is 1.78. The molecule has 1 aromatic heterocycles. The SMILES string of the molecule is C/C1=C\C(C#N)=C/N(C)NCC1c1nccs1. The lowest BCUT2D eigenvalue weighted by atomic mass is 9.98. The number of aromatic nitrogens is 1. The average Bonchev–Trinajstić information content (AvgIpc) is 2.80. The van der Waals surface area contributed by atoms with E-state index in [9.17, 15) is 0 Å². The molecule has 2 rings (SSSR count). The maximum Gasteiger partial charge on any atom is 0.101 e. The molecular weight excluding hydrogens is 232 g/mol. The molecule has 17 heavy (non-hydrogen) atoms. The third kappa shape index (κ3) is 2.73. The Morgan fingerprint density at radius 1 is 1.65 bits per heavy atom. The van der Waals surface area contributed by atoms with E-state index in [0.29, 0.717) is 5.57 Å². The van der Waals surface area contributed by atoms with Gasteiger partial charge in [-0.05, 0) is 13.0 Å². The topological polar surface area (TPSA) is 52.0 Å². The van der Waals surface area contributed by atoms with E-state index in [1.807, 2.05) is 36.6 Å². The lowest BCUT2D eigenvalue weighted by Gasteiger charge is -2.24. The lowest BCUT2D eigenvalue weighted by Crippen LogP contribution is -2.35. The van der Waals surface area contributed by atoms with Crippen molar-refractivity contribution in [3.8, 4) is 6.07 Å². The molecule has 1 aliphatic rings. The molecule has 1 aliphatic heterocycles. The number of hydrogen-bond donors (Lipinski definition) is 1. The van der Waals surface area contributed by atoms with Gasteiger partial charge in [-0.3, -0.25) is 0 Å². The van der Waals surface area contributed by atoms with Crippen LogP contribution >= 0.6 is 11.3 Å². The van der Waals surface area contributed by atoms with E-state index in [4.69, 9.17) is 5.26 Å². The standard InChI is InChI=1S/C12H14N4S/c1-9-5-10(6-13)8-16(2)15-7-11(9)12-14-3-4-17-12/h3-5,8,11,15H,7H2,1-2H3/b9-5+,10-8+. The van der Waals surface area contributed by atoms with Crippen LogP contribution in [-0.2, 0) is 0 Å². The highest BCUT2D eigenvalue weighted by Crippen LogP contribution is 2.27. The molecule has 1 atom stereocenters. The molecule has 2 heterocycles. The third-order valence-corrected chi connectivity index (χ3v) is 3.58. The number of nitrogens with zero attached hydrogens (tertiary/aromatic N) is 3. The zero-order valence-electron chi connectivity index (χ0n) is 9.84. The fourth-order valence-corrected chi connectivity index (χ4v) is 2.60. The van der Waals surface area contributed by atoms with Gasteiger partial charge in [-0.25, -0.2) is 10.4 Å². The molecule has 0 spiro atoms. The minimum atomic E-state index is 0.231. The highest BCUT2D eigenvalue weighted by Gasteiger charge is 2.18. The Hall–Kier alpha value is -1.64. The number of nitrogens with one attached hydrogen (secondary N) is 1. The van der Waals surface area contributed by atoms with Crippen molar-refractivity contribution in [3.63, 3.8) is 0 Å². The maximum absolute atomic E-state index is 9.03. The van der Waals surface area contributed by atoms with Gasteiger partial charge in [-0.2, -0.15) is 5.26 Å². The van der Waals surface area contributed by atoms with Crippen LogP contribution in [0, 0.1) is 11.3 Å². The largest absolute Gasteiger partial charge is 0.317 e. The monoisotopic (exact) mass is 246 g/mol. The van der Waals surface area contributed by atoms with E-state index in [1.165, 1.54) is 0 Å². The predicted octanol–water partition coefficient (Wildman–Crippen LogP) is 2.03. The second-order valence-electron chi connectivity index (χ2n) is 3.98. The Morgan fingerprint density at radius 2 is 2.47 bits per heavy atom. The van der Waals surface area contributed by atoms with Gasteiger partial charge in [-0.15, -0.1) is 11.3 Å². The minimum absolute atomic E-state index is 0.231. The molecule has 5 heteroatoms. The van der Waals surface area contributed by atoms with Crippen molar-refractivity contribution in [2.75, 3.05) is 13.6 Å². The summed E-state index contributed by atoms with van der Waals surface area (Å²) in [6, 6.07) is 2.18. The molecule has 0 saturated carbocycles. The van der Waals surface area contributed by atoms with Crippen LogP contribution in [0.2, 0.25) is 0 Å². The van der Waals surface area contributed by atoms with Crippen LogP contribution in [0.1, 0.15) is 17.8 Å². The fraction of sp³-hybridized carbons (Fsp3) is 0.333. The number of nitriles is 1. The number of allylic oxidation sites excluding steroid dienone is 2. The van der Waals surface area contributed by atoms with Crippen LogP contribution < -0.4 is 5.43 Å². The van der Waals surface area contributed by atoms with Gasteiger partial charge in [0.05, 0.1) is 5.57 Å². The van der Waals surface area contributed by atoms with E-state index in [1.54, 1.807) is 17.5 Å². The van der Waals surface area contributed by atoms with Gasteiger partial charge < -0.3 is 5.01 Å². The van der Waals surface area contributed by atoms with Gasteiger partial charge in [0.1, 0.15) is 11.1 Å². The summed E-state index contributed by atoms with van der Waals surface area (Å²) < 4.78 is 0. The summed E-state index contributed by atoms with van der Waals surface area (Å²) in [6.45, 7) is 2.84. The number of rotatable bonds is 1. The minimum Gasteiger partial charge on any atom is -0.317 e. The van der Waals surface area contributed by atoms with Gasteiger partial charge in [0.2, 0.25) is 0 Å². The van der Waals surface area contributed by atoms with Gasteiger partial charge in [0.15, 0.2) is 0 Å². The molecule has 0 bridgehead atoms. The maximum atomic E-state index is 9.03. The molecule has 0 amide bonds. The van der Waals surface area contributed by atoms with Gasteiger partial charge in [0, 0.05) is 37.3 Å². The Morgan fingerprint density at radius 3 is 3.12 bits per heavy atom. The first kappa shape index (κ1) is 11.8. The quantitative estimate of drug-likeness (QED) is 0.823. The summed E-state index contributed by atoms with van der Waals surface area (Å²) in [5.74, 6) is 0.231. The van der Waals surface area contributed by atoms with Crippen molar-refractivity contribution < 1.29 is 0 Å². The Kier molecular flexibility index (Phi) is 3.57. The lowest BCUT2D eigenvalue weighted by molar-refractivity contribution is 0.318. The third-order valence-electron chi connectivity index (χ3n) is 2.69. The zero-order chi connectivity index (χ0) is 12.3. The molecule has 0 radical (unpaired) electrons. The first-order chi connectivity index (χ1) is 8.20. The molecule has 0 fully saturated rings. The number of hydrazine groups is 1. The van der Waals surface area contributed by atoms with Crippen LogP contribution in [-0.4, -0.2) is 23.6 Å².